The van der Waals surface area contributed by atoms with Crippen molar-refractivity contribution in [2.45, 2.75) is 0 Å². The molecule has 0 aliphatic heterocycles. The number of nitrogens with zero attached hydrogens (tertiary/aromatic N) is 4. The van der Waals surface area contributed by atoms with Crippen molar-refractivity contribution >= 4 is 34.0 Å². The Morgan fingerprint density at radius 3 is 2.79 bits per heavy atom. The van der Waals surface area contributed by atoms with E-state index >= 15 is 0 Å². The highest BCUT2D eigenvalue weighted by Gasteiger charge is 2.10. The Labute approximate surface area is 142 Å². The number of nitriles is 1. The third-order valence-electron chi connectivity index (χ3n) is 3.46. The summed E-state index contributed by atoms with van der Waals surface area (Å²) in [5.41, 5.74) is 3.73. The molecular formula is C18H11N5S. The Kier molecular flexibility index (Phi) is 3.61. The van der Waals surface area contributed by atoms with Gasteiger partial charge >= 0.3 is 0 Å². The van der Waals surface area contributed by atoms with Gasteiger partial charge in [0.05, 0.1) is 28.0 Å². The molecule has 114 valence electrons. The summed E-state index contributed by atoms with van der Waals surface area (Å²) in [6.45, 7) is 0. The third-order valence-corrected chi connectivity index (χ3v) is 4.35. The zero-order chi connectivity index (χ0) is 16.4. The molecule has 0 saturated carbocycles. The molecule has 5 nitrogen and oxygen atoms in total. The predicted octanol–water partition coefficient (Wildman–Crippen LogP) is 4.15. The van der Waals surface area contributed by atoms with Crippen molar-refractivity contribution < 1.29 is 0 Å². The van der Waals surface area contributed by atoms with Crippen LogP contribution >= 0.6 is 11.3 Å². The van der Waals surface area contributed by atoms with Gasteiger partial charge in [-0.3, -0.25) is 4.98 Å². The van der Waals surface area contributed by atoms with Crippen LogP contribution in [-0.4, -0.2) is 19.9 Å². The zero-order valence-electron chi connectivity index (χ0n) is 12.5. The number of hydrogen-bond acceptors (Lipinski definition) is 5. The molecule has 0 atom stereocenters. The van der Waals surface area contributed by atoms with E-state index in [0.717, 1.165) is 27.4 Å². The molecule has 4 aromatic rings. The second-order valence-electron chi connectivity index (χ2n) is 5.06. The molecule has 24 heavy (non-hydrogen) atoms. The van der Waals surface area contributed by atoms with E-state index in [-0.39, 0.29) is 0 Å². The molecule has 6 heteroatoms. The van der Waals surface area contributed by atoms with Gasteiger partial charge in [-0.1, -0.05) is 18.2 Å². The van der Waals surface area contributed by atoms with Crippen molar-refractivity contribution in [3.63, 3.8) is 0 Å². The van der Waals surface area contributed by atoms with Gasteiger partial charge in [-0.05, 0) is 30.3 Å². The van der Waals surface area contributed by atoms with Crippen LogP contribution in [0, 0.1) is 11.3 Å². The number of allylic oxidation sites excluding steroid dienone is 1. The number of H-pyrrole nitrogens is 1. The summed E-state index contributed by atoms with van der Waals surface area (Å²) < 4.78 is 0. The van der Waals surface area contributed by atoms with Gasteiger partial charge in [-0.25, -0.2) is 9.97 Å². The molecule has 0 saturated heterocycles. The van der Waals surface area contributed by atoms with Crippen LogP contribution in [0.4, 0.5) is 0 Å². The quantitative estimate of drug-likeness (QED) is 0.573. The number of imidazole rings is 1. The molecule has 0 aliphatic rings. The molecule has 0 spiro atoms. The van der Waals surface area contributed by atoms with Crippen LogP contribution < -0.4 is 0 Å². The summed E-state index contributed by atoms with van der Waals surface area (Å²) in [5.74, 6) is 0.547. The second kappa shape index (κ2) is 6.07. The van der Waals surface area contributed by atoms with Gasteiger partial charge in [0.1, 0.15) is 16.9 Å². The zero-order valence-corrected chi connectivity index (χ0v) is 13.3. The fourth-order valence-electron chi connectivity index (χ4n) is 2.34. The molecule has 0 bridgehead atoms. The largest absolute Gasteiger partial charge is 0.337 e. The van der Waals surface area contributed by atoms with Gasteiger partial charge in [0.15, 0.2) is 0 Å². The highest BCUT2D eigenvalue weighted by Crippen LogP contribution is 2.24. The lowest BCUT2D eigenvalue weighted by atomic mass is 10.2. The average molecular weight is 329 g/mol. The van der Waals surface area contributed by atoms with Crippen LogP contribution in [0.1, 0.15) is 11.5 Å². The molecule has 0 amide bonds. The van der Waals surface area contributed by atoms with Gasteiger partial charge in [-0.15, -0.1) is 11.3 Å². The second-order valence-corrected chi connectivity index (χ2v) is 5.92. The maximum atomic E-state index is 9.47. The number of fused-ring (bicyclic) bond motifs is 1. The van der Waals surface area contributed by atoms with Gasteiger partial charge < -0.3 is 4.98 Å². The van der Waals surface area contributed by atoms with E-state index in [1.807, 2.05) is 47.8 Å². The first kappa shape index (κ1) is 14.3. The first-order valence-electron chi connectivity index (χ1n) is 7.27. The Balaban J connectivity index is 1.71. The minimum absolute atomic E-state index is 0.448. The maximum absolute atomic E-state index is 9.47. The predicted molar refractivity (Wildman–Crippen MR) is 94.9 cm³/mol. The van der Waals surface area contributed by atoms with Crippen molar-refractivity contribution in [1.82, 2.24) is 19.9 Å². The van der Waals surface area contributed by atoms with Crippen molar-refractivity contribution in [3.05, 3.63) is 65.6 Å². The van der Waals surface area contributed by atoms with Crippen molar-refractivity contribution in [2.75, 3.05) is 0 Å². The van der Waals surface area contributed by atoms with E-state index in [2.05, 4.69) is 26.0 Å². The van der Waals surface area contributed by atoms with Gasteiger partial charge in [0.25, 0.3) is 0 Å². The van der Waals surface area contributed by atoms with Gasteiger partial charge in [-0.2, -0.15) is 5.26 Å². The van der Waals surface area contributed by atoms with E-state index in [9.17, 15) is 5.26 Å². The molecule has 3 heterocycles. The number of aromatic nitrogens is 4. The molecule has 0 unspecified atom stereocenters. The summed E-state index contributed by atoms with van der Waals surface area (Å²) in [4.78, 5) is 16.5. The number of thiazole rings is 1. The highest BCUT2D eigenvalue weighted by molar-refractivity contribution is 7.13. The van der Waals surface area contributed by atoms with E-state index < -0.39 is 0 Å². The summed E-state index contributed by atoms with van der Waals surface area (Å²) in [6.07, 6.45) is 3.47. The Hall–Kier alpha value is -3.30. The minimum Gasteiger partial charge on any atom is -0.337 e. The summed E-state index contributed by atoms with van der Waals surface area (Å²) in [7, 11) is 0. The lowest BCUT2D eigenvalue weighted by Gasteiger charge is -1.93. The van der Waals surface area contributed by atoms with Gasteiger partial charge in [0, 0.05) is 11.6 Å². The molecule has 0 radical (unpaired) electrons. The Bertz CT molecular complexity index is 1040. The number of nitrogens with one attached hydrogen (secondary N) is 1. The third kappa shape index (κ3) is 2.69. The molecule has 3 aromatic heterocycles. The summed E-state index contributed by atoms with van der Waals surface area (Å²) >= 11 is 1.50. The number of aromatic amines is 1. The lowest BCUT2D eigenvalue weighted by molar-refractivity contribution is 1.26. The topological polar surface area (TPSA) is 78.2 Å². The average Bonchev–Trinajstić information content (AvgIpc) is 3.27. The summed E-state index contributed by atoms with van der Waals surface area (Å²) in [6, 6.07) is 15.6. The van der Waals surface area contributed by atoms with E-state index in [4.69, 9.17) is 0 Å². The Morgan fingerprint density at radius 1 is 1.12 bits per heavy atom. The number of pyridine rings is 1. The lowest BCUT2D eigenvalue weighted by Crippen LogP contribution is -1.85. The van der Waals surface area contributed by atoms with E-state index in [1.54, 1.807) is 12.3 Å². The van der Waals surface area contributed by atoms with Crippen molar-refractivity contribution in [3.8, 4) is 16.8 Å². The van der Waals surface area contributed by atoms with Crippen LogP contribution in [-0.2, 0) is 0 Å². The summed E-state index contributed by atoms with van der Waals surface area (Å²) in [5, 5.41) is 12.2. The van der Waals surface area contributed by atoms with Crippen LogP contribution in [0.25, 0.3) is 33.4 Å². The number of benzene rings is 1. The first-order chi connectivity index (χ1) is 11.8. The molecule has 1 N–H and O–H groups in total. The molecule has 4 rings (SSSR count). The van der Waals surface area contributed by atoms with Crippen LogP contribution in [0.3, 0.4) is 0 Å². The number of rotatable bonds is 3. The fourth-order valence-corrected chi connectivity index (χ4v) is 3.09. The fraction of sp³-hybridized carbons (Fsp3) is 0. The SMILES string of the molecule is N#CC(=Cc1csc(-c2ccccn2)n1)c1nc2ccccc2[nH]1. The van der Waals surface area contributed by atoms with Crippen LogP contribution in [0.15, 0.2) is 54.0 Å². The van der Waals surface area contributed by atoms with E-state index in [1.165, 1.54) is 11.3 Å². The maximum Gasteiger partial charge on any atom is 0.149 e. The first-order valence-corrected chi connectivity index (χ1v) is 8.15. The van der Waals surface area contributed by atoms with Crippen LogP contribution in [0.2, 0.25) is 0 Å². The molecule has 1 aromatic carbocycles. The van der Waals surface area contributed by atoms with Crippen molar-refractivity contribution in [1.29, 1.82) is 5.26 Å². The van der Waals surface area contributed by atoms with Crippen molar-refractivity contribution in [2.24, 2.45) is 0 Å². The number of para-hydroxylation sites is 2. The molecule has 0 fully saturated rings. The normalized spacial score (nSPS) is 11.5. The molecule has 0 aliphatic carbocycles. The highest BCUT2D eigenvalue weighted by atomic mass is 32.1. The Morgan fingerprint density at radius 2 is 2.00 bits per heavy atom. The smallest absolute Gasteiger partial charge is 0.149 e. The minimum atomic E-state index is 0.448. The number of hydrogen-bond donors (Lipinski definition) is 1. The van der Waals surface area contributed by atoms with Gasteiger partial charge in [0.2, 0.25) is 0 Å². The van der Waals surface area contributed by atoms with Crippen LogP contribution in [0.5, 0.6) is 0 Å². The molecular weight excluding hydrogens is 318 g/mol. The monoisotopic (exact) mass is 329 g/mol. The van der Waals surface area contributed by atoms with E-state index in [0.29, 0.717) is 11.4 Å². The standard InChI is InChI=1S/C18H11N5S/c19-10-12(17-22-14-5-1-2-6-15(14)23-17)9-13-11-24-18(21-13)16-7-3-4-8-20-16/h1-9,11H,(H,22,23).